The zero-order valence-electron chi connectivity index (χ0n) is 16.4. The molecule has 0 amide bonds. The maximum Gasteiger partial charge on any atom is 0.190 e. The van der Waals surface area contributed by atoms with Crippen LogP contribution in [0.15, 0.2) is 53.5 Å². The van der Waals surface area contributed by atoms with Gasteiger partial charge in [0.15, 0.2) is 5.96 Å². The Balaban J connectivity index is 0.00000280. The molecule has 1 aromatic heterocycles. The van der Waals surface area contributed by atoms with Crippen molar-refractivity contribution in [2.45, 2.75) is 19.3 Å². The molecule has 0 bridgehead atoms. The second kappa shape index (κ2) is 11.5. The van der Waals surface area contributed by atoms with Crippen molar-refractivity contribution in [1.82, 2.24) is 20.6 Å². The molecule has 3 aromatic rings. The predicted molar refractivity (Wildman–Crippen MR) is 126 cm³/mol. The summed E-state index contributed by atoms with van der Waals surface area (Å²) in [5.41, 5.74) is 3.39. The Morgan fingerprint density at radius 3 is 2.50 bits per heavy atom. The monoisotopic (exact) mass is 493 g/mol. The Hall–Kier alpha value is -2.29. The van der Waals surface area contributed by atoms with E-state index in [4.69, 9.17) is 4.74 Å². The minimum Gasteiger partial charge on any atom is -0.497 e. The lowest BCUT2D eigenvalue weighted by Gasteiger charge is -2.11. The molecule has 0 spiro atoms. The smallest absolute Gasteiger partial charge is 0.190 e. The zero-order chi connectivity index (χ0) is 18.9. The summed E-state index contributed by atoms with van der Waals surface area (Å²) in [6, 6.07) is 16.3. The van der Waals surface area contributed by atoms with Crippen LogP contribution in [0.25, 0.3) is 11.0 Å². The Labute approximate surface area is 183 Å². The number of aromatic nitrogens is 2. The van der Waals surface area contributed by atoms with E-state index in [2.05, 4.69) is 43.8 Å². The summed E-state index contributed by atoms with van der Waals surface area (Å²) in [6.07, 6.45) is 2.83. The average molecular weight is 493 g/mol. The van der Waals surface area contributed by atoms with Gasteiger partial charge in [0, 0.05) is 26.6 Å². The van der Waals surface area contributed by atoms with Crippen LogP contribution in [0, 0.1) is 0 Å². The average Bonchev–Trinajstić information content (AvgIpc) is 3.13. The molecule has 0 radical (unpaired) electrons. The van der Waals surface area contributed by atoms with Crippen molar-refractivity contribution in [2.24, 2.45) is 4.99 Å². The van der Waals surface area contributed by atoms with Gasteiger partial charge in [0.1, 0.15) is 11.6 Å². The Bertz CT molecular complexity index is 843. The summed E-state index contributed by atoms with van der Waals surface area (Å²) in [5.74, 6) is 2.74. The van der Waals surface area contributed by atoms with E-state index in [1.807, 2.05) is 30.3 Å². The lowest BCUT2D eigenvalue weighted by atomic mass is 10.1. The number of ether oxygens (including phenoxy) is 1. The number of H-pyrrole nitrogens is 1. The Kier molecular flexibility index (Phi) is 9.06. The van der Waals surface area contributed by atoms with Crippen LogP contribution in [-0.2, 0) is 12.8 Å². The molecule has 150 valence electrons. The number of aromatic amines is 1. The number of nitrogens with zero attached hydrogens (tertiary/aromatic N) is 2. The largest absolute Gasteiger partial charge is 0.497 e. The van der Waals surface area contributed by atoms with Gasteiger partial charge in [0.05, 0.1) is 18.1 Å². The van der Waals surface area contributed by atoms with E-state index in [0.717, 1.165) is 60.9 Å². The van der Waals surface area contributed by atoms with Crippen LogP contribution >= 0.6 is 24.0 Å². The van der Waals surface area contributed by atoms with Gasteiger partial charge in [-0.25, -0.2) is 4.98 Å². The number of fused-ring (bicyclic) bond motifs is 1. The van der Waals surface area contributed by atoms with E-state index in [9.17, 15) is 0 Å². The van der Waals surface area contributed by atoms with Crippen molar-refractivity contribution in [3.8, 4) is 5.75 Å². The van der Waals surface area contributed by atoms with Crippen LogP contribution < -0.4 is 15.4 Å². The number of aliphatic imine (C=N–C) groups is 1. The normalized spacial score (nSPS) is 11.1. The zero-order valence-corrected chi connectivity index (χ0v) is 18.7. The molecule has 28 heavy (non-hydrogen) atoms. The number of nitrogens with one attached hydrogen (secondary N) is 3. The molecule has 0 aliphatic carbocycles. The van der Waals surface area contributed by atoms with Crippen LogP contribution in [0.2, 0.25) is 0 Å². The third kappa shape index (κ3) is 6.40. The number of methoxy groups -OCH3 is 1. The maximum absolute atomic E-state index is 5.18. The third-order valence-electron chi connectivity index (χ3n) is 4.41. The molecule has 0 atom stereocenters. The number of hydrogen-bond acceptors (Lipinski definition) is 3. The van der Waals surface area contributed by atoms with Gasteiger partial charge in [-0.3, -0.25) is 4.99 Å². The second-order valence-electron chi connectivity index (χ2n) is 6.33. The number of rotatable bonds is 8. The number of guanidine groups is 1. The van der Waals surface area contributed by atoms with Crippen molar-refractivity contribution in [1.29, 1.82) is 0 Å². The molecule has 3 N–H and O–H groups in total. The van der Waals surface area contributed by atoms with E-state index >= 15 is 0 Å². The summed E-state index contributed by atoms with van der Waals surface area (Å²) in [4.78, 5) is 12.2. The number of halogens is 1. The second-order valence-corrected chi connectivity index (χ2v) is 6.33. The van der Waals surface area contributed by atoms with Gasteiger partial charge >= 0.3 is 0 Å². The predicted octanol–water partition coefficient (Wildman–Crippen LogP) is 3.53. The van der Waals surface area contributed by atoms with E-state index < -0.39 is 0 Å². The van der Waals surface area contributed by atoms with Crippen LogP contribution in [0.4, 0.5) is 0 Å². The van der Waals surface area contributed by atoms with E-state index in [0.29, 0.717) is 0 Å². The summed E-state index contributed by atoms with van der Waals surface area (Å²) in [7, 11) is 3.47. The molecule has 0 aliphatic rings. The van der Waals surface area contributed by atoms with Gasteiger partial charge in [-0.05, 0) is 42.7 Å². The number of hydrogen-bond donors (Lipinski definition) is 3. The molecule has 2 aromatic carbocycles. The molecule has 0 fully saturated rings. The summed E-state index contributed by atoms with van der Waals surface area (Å²) in [6.45, 7) is 1.68. The standard InChI is InChI=1S/C21H27N5O.HI/c1-22-21(24-15-13-16-9-11-17(27-2)12-10-16)23-14-5-8-20-25-18-6-3-4-7-19(18)26-20;/h3-4,6-7,9-12H,5,8,13-15H2,1-2H3,(H,25,26)(H2,22,23,24);1H. The van der Waals surface area contributed by atoms with Crippen molar-refractivity contribution >= 4 is 41.0 Å². The summed E-state index contributed by atoms with van der Waals surface area (Å²) >= 11 is 0. The first kappa shape index (κ1) is 22.0. The first-order chi connectivity index (χ1) is 13.3. The van der Waals surface area contributed by atoms with Crippen molar-refractivity contribution in [3.05, 3.63) is 59.9 Å². The Morgan fingerprint density at radius 2 is 1.79 bits per heavy atom. The lowest BCUT2D eigenvalue weighted by Crippen LogP contribution is -2.38. The molecule has 3 rings (SSSR count). The van der Waals surface area contributed by atoms with Crippen LogP contribution in [-0.4, -0.2) is 43.2 Å². The van der Waals surface area contributed by atoms with Gasteiger partial charge in [-0.1, -0.05) is 24.3 Å². The molecule has 0 unspecified atom stereocenters. The minimum absolute atomic E-state index is 0. The van der Waals surface area contributed by atoms with Crippen molar-refractivity contribution in [2.75, 3.05) is 27.2 Å². The first-order valence-corrected chi connectivity index (χ1v) is 9.29. The third-order valence-corrected chi connectivity index (χ3v) is 4.41. The highest BCUT2D eigenvalue weighted by molar-refractivity contribution is 14.0. The van der Waals surface area contributed by atoms with E-state index in [1.54, 1.807) is 14.2 Å². The number of benzene rings is 2. The van der Waals surface area contributed by atoms with Crippen molar-refractivity contribution in [3.63, 3.8) is 0 Å². The molecular formula is C21H28IN5O. The van der Waals surface area contributed by atoms with Gasteiger partial charge in [-0.15, -0.1) is 24.0 Å². The quantitative estimate of drug-likeness (QED) is 0.194. The van der Waals surface area contributed by atoms with Gasteiger partial charge in [0.25, 0.3) is 0 Å². The fourth-order valence-electron chi connectivity index (χ4n) is 2.92. The lowest BCUT2D eigenvalue weighted by molar-refractivity contribution is 0.414. The highest BCUT2D eigenvalue weighted by atomic mass is 127. The van der Waals surface area contributed by atoms with Gasteiger partial charge in [0.2, 0.25) is 0 Å². The van der Waals surface area contributed by atoms with Gasteiger partial charge in [-0.2, -0.15) is 0 Å². The van der Waals surface area contributed by atoms with Gasteiger partial charge < -0.3 is 20.4 Å². The van der Waals surface area contributed by atoms with Crippen LogP contribution in [0.3, 0.4) is 0 Å². The first-order valence-electron chi connectivity index (χ1n) is 9.29. The minimum atomic E-state index is 0. The van der Waals surface area contributed by atoms with Crippen LogP contribution in [0.1, 0.15) is 17.8 Å². The fourth-order valence-corrected chi connectivity index (χ4v) is 2.92. The number of imidazole rings is 1. The molecule has 6 nitrogen and oxygen atoms in total. The molecule has 0 aliphatic heterocycles. The topological polar surface area (TPSA) is 74.3 Å². The van der Waals surface area contributed by atoms with Crippen molar-refractivity contribution < 1.29 is 4.74 Å². The highest BCUT2D eigenvalue weighted by Crippen LogP contribution is 2.12. The van der Waals surface area contributed by atoms with E-state index in [1.165, 1.54) is 5.56 Å². The Morgan fingerprint density at radius 1 is 1.04 bits per heavy atom. The molecule has 0 saturated heterocycles. The number of para-hydroxylation sites is 2. The SMILES string of the molecule is CN=C(NCCCc1nc2ccccc2[nH]1)NCCc1ccc(OC)cc1.I. The fraction of sp³-hybridized carbons (Fsp3) is 0.333. The maximum atomic E-state index is 5.18. The van der Waals surface area contributed by atoms with E-state index in [-0.39, 0.29) is 24.0 Å². The molecule has 0 saturated carbocycles. The molecule has 1 heterocycles. The highest BCUT2D eigenvalue weighted by Gasteiger charge is 2.02. The van der Waals surface area contributed by atoms with Crippen LogP contribution in [0.5, 0.6) is 5.75 Å². The molecule has 7 heteroatoms. The summed E-state index contributed by atoms with van der Waals surface area (Å²) in [5, 5.41) is 6.71. The summed E-state index contributed by atoms with van der Waals surface area (Å²) < 4.78 is 5.18. The number of aryl methyl sites for hydroxylation is 1. The molecular weight excluding hydrogens is 465 g/mol.